The van der Waals surface area contributed by atoms with E-state index in [1.54, 1.807) is 0 Å². The zero-order chi connectivity index (χ0) is 22.2. The van der Waals surface area contributed by atoms with Gasteiger partial charge in [0, 0.05) is 45.1 Å². The molecular formula is C27H36N4O. The zero-order valence-electron chi connectivity index (χ0n) is 19.2. The predicted molar refractivity (Wildman–Crippen MR) is 131 cm³/mol. The summed E-state index contributed by atoms with van der Waals surface area (Å²) >= 11 is 0. The van der Waals surface area contributed by atoms with E-state index in [1.165, 1.54) is 24.0 Å². The maximum atomic E-state index is 12.5. The second-order valence-electron chi connectivity index (χ2n) is 9.38. The van der Waals surface area contributed by atoms with Crippen molar-refractivity contribution in [3.63, 3.8) is 0 Å². The second-order valence-corrected chi connectivity index (χ2v) is 9.38. The number of likely N-dealkylation sites (tertiary alicyclic amines) is 1. The summed E-state index contributed by atoms with van der Waals surface area (Å²) in [5.41, 5.74) is 3.01. The molecule has 2 N–H and O–H groups in total. The van der Waals surface area contributed by atoms with Gasteiger partial charge in [-0.15, -0.1) is 0 Å². The molecule has 4 rings (SSSR count). The van der Waals surface area contributed by atoms with Crippen molar-refractivity contribution >= 4 is 11.9 Å². The molecule has 1 aliphatic carbocycles. The maximum absolute atomic E-state index is 12.5. The second kappa shape index (κ2) is 10.7. The molecule has 5 nitrogen and oxygen atoms in total. The van der Waals surface area contributed by atoms with Crippen molar-refractivity contribution < 1.29 is 4.79 Å². The van der Waals surface area contributed by atoms with Crippen LogP contribution in [-0.2, 0) is 17.6 Å². The number of hydrogen-bond donors (Lipinski definition) is 2. The number of aliphatic imine (C=N–C) groups is 1. The Hall–Kier alpha value is -2.82. The summed E-state index contributed by atoms with van der Waals surface area (Å²) < 4.78 is 0. The predicted octanol–water partition coefficient (Wildman–Crippen LogP) is 3.66. The third kappa shape index (κ3) is 6.35. The Morgan fingerprint density at radius 3 is 2.38 bits per heavy atom. The van der Waals surface area contributed by atoms with Crippen molar-refractivity contribution in [2.75, 3.05) is 32.7 Å². The highest BCUT2D eigenvalue weighted by atomic mass is 16.2. The molecular weight excluding hydrogens is 396 g/mol. The van der Waals surface area contributed by atoms with Crippen LogP contribution in [0.3, 0.4) is 0 Å². The van der Waals surface area contributed by atoms with Gasteiger partial charge in [0.05, 0.1) is 0 Å². The van der Waals surface area contributed by atoms with Gasteiger partial charge in [0.15, 0.2) is 5.96 Å². The number of guanidine groups is 1. The van der Waals surface area contributed by atoms with E-state index in [1.807, 2.05) is 11.0 Å². The van der Waals surface area contributed by atoms with Crippen LogP contribution in [0.15, 0.2) is 65.7 Å². The summed E-state index contributed by atoms with van der Waals surface area (Å²) in [6.45, 7) is 6.20. The lowest BCUT2D eigenvalue weighted by Gasteiger charge is -2.18. The van der Waals surface area contributed by atoms with E-state index in [-0.39, 0.29) is 5.91 Å². The number of hydrogen-bond acceptors (Lipinski definition) is 2. The van der Waals surface area contributed by atoms with Crippen LogP contribution in [0.1, 0.15) is 37.3 Å². The largest absolute Gasteiger partial charge is 0.357 e. The van der Waals surface area contributed by atoms with E-state index < -0.39 is 0 Å². The Balaban J connectivity index is 1.25. The van der Waals surface area contributed by atoms with Crippen LogP contribution >= 0.6 is 0 Å². The first-order valence-corrected chi connectivity index (χ1v) is 12.0. The maximum Gasteiger partial charge on any atom is 0.223 e. The van der Waals surface area contributed by atoms with Gasteiger partial charge in [-0.1, -0.05) is 60.7 Å². The highest BCUT2D eigenvalue weighted by Gasteiger charge is 2.42. The minimum Gasteiger partial charge on any atom is -0.357 e. The first-order chi connectivity index (χ1) is 15.7. The Bertz CT molecular complexity index is 892. The molecule has 1 amide bonds. The highest BCUT2D eigenvalue weighted by Crippen LogP contribution is 2.48. The average Bonchev–Trinajstić information content (AvgIpc) is 3.49. The molecule has 1 heterocycles. The van der Waals surface area contributed by atoms with Crippen LogP contribution in [0, 0.1) is 11.3 Å². The fraction of sp³-hybridized carbons (Fsp3) is 0.481. The van der Waals surface area contributed by atoms with Gasteiger partial charge in [0.25, 0.3) is 0 Å². The Kier molecular flexibility index (Phi) is 7.46. The zero-order valence-corrected chi connectivity index (χ0v) is 19.2. The lowest BCUT2D eigenvalue weighted by molar-refractivity contribution is -0.127. The normalized spacial score (nSPS) is 19.8. The first kappa shape index (κ1) is 22.4. The molecule has 170 valence electrons. The van der Waals surface area contributed by atoms with Gasteiger partial charge >= 0.3 is 0 Å². The molecule has 2 aromatic rings. The molecule has 1 atom stereocenters. The van der Waals surface area contributed by atoms with E-state index in [0.29, 0.717) is 17.8 Å². The molecule has 0 radical (unpaired) electrons. The smallest absolute Gasteiger partial charge is 0.223 e. The fourth-order valence-corrected chi connectivity index (χ4v) is 4.54. The fourth-order valence-electron chi connectivity index (χ4n) is 4.54. The third-order valence-corrected chi connectivity index (χ3v) is 6.66. The summed E-state index contributed by atoms with van der Waals surface area (Å²) in [5.74, 6) is 1.48. The van der Waals surface area contributed by atoms with Gasteiger partial charge in [0.1, 0.15) is 0 Å². The molecule has 2 aliphatic rings. The van der Waals surface area contributed by atoms with Gasteiger partial charge in [-0.3, -0.25) is 9.79 Å². The van der Waals surface area contributed by atoms with Crippen molar-refractivity contribution in [3.05, 3.63) is 71.8 Å². The summed E-state index contributed by atoms with van der Waals surface area (Å²) in [4.78, 5) is 19.4. The number of nitrogens with one attached hydrogen (secondary N) is 2. The molecule has 0 aromatic heterocycles. The van der Waals surface area contributed by atoms with Crippen LogP contribution in [-0.4, -0.2) is 49.5 Å². The van der Waals surface area contributed by atoms with Crippen molar-refractivity contribution in [2.24, 2.45) is 16.3 Å². The molecule has 0 bridgehead atoms. The van der Waals surface area contributed by atoms with Crippen LogP contribution in [0.5, 0.6) is 0 Å². The Labute approximate surface area is 192 Å². The van der Waals surface area contributed by atoms with E-state index in [4.69, 9.17) is 4.99 Å². The lowest BCUT2D eigenvalue weighted by atomic mass is 9.97. The number of amides is 1. The quantitative estimate of drug-likeness (QED) is 0.445. The molecule has 1 saturated carbocycles. The third-order valence-electron chi connectivity index (χ3n) is 6.66. The van der Waals surface area contributed by atoms with E-state index in [0.717, 1.165) is 51.5 Å². The highest BCUT2D eigenvalue weighted by molar-refractivity contribution is 5.81. The molecule has 2 fully saturated rings. The molecule has 2 aromatic carbocycles. The molecule has 1 aliphatic heterocycles. The minimum atomic E-state index is 0.273. The van der Waals surface area contributed by atoms with Crippen molar-refractivity contribution in [1.29, 1.82) is 0 Å². The van der Waals surface area contributed by atoms with Crippen LogP contribution in [0.4, 0.5) is 0 Å². The molecule has 0 spiro atoms. The van der Waals surface area contributed by atoms with Gasteiger partial charge in [-0.2, -0.15) is 0 Å². The standard InChI is InChI=1S/C27H36N4O/c1-2-28-26(30-21-27(14-15-27)18-23-11-7-4-8-12-23)29-19-24-17-25(32)31(20-24)16-13-22-9-5-3-6-10-22/h3-12,24H,2,13-21H2,1H3,(H2,28,29,30). The van der Waals surface area contributed by atoms with E-state index in [2.05, 4.69) is 72.2 Å². The number of rotatable bonds is 10. The van der Waals surface area contributed by atoms with Crippen LogP contribution in [0.25, 0.3) is 0 Å². The number of carbonyl (C=O) groups excluding carboxylic acids is 1. The lowest BCUT2D eigenvalue weighted by Crippen LogP contribution is -2.40. The van der Waals surface area contributed by atoms with Gasteiger partial charge in [-0.25, -0.2) is 0 Å². The Morgan fingerprint density at radius 2 is 1.72 bits per heavy atom. The van der Waals surface area contributed by atoms with Gasteiger partial charge in [0.2, 0.25) is 5.91 Å². The summed E-state index contributed by atoms with van der Waals surface area (Å²) in [6, 6.07) is 21.1. The minimum absolute atomic E-state index is 0.273. The SMILES string of the molecule is CCNC(=NCC1(Cc2ccccc2)CC1)NCC1CC(=O)N(CCc2ccccc2)C1. The van der Waals surface area contributed by atoms with Crippen LogP contribution in [0.2, 0.25) is 0 Å². The van der Waals surface area contributed by atoms with Gasteiger partial charge in [-0.05, 0) is 49.1 Å². The molecule has 1 saturated heterocycles. The summed E-state index contributed by atoms with van der Waals surface area (Å²) in [6.07, 6.45) is 5.14. The molecule has 1 unspecified atom stereocenters. The van der Waals surface area contributed by atoms with Crippen molar-refractivity contribution in [1.82, 2.24) is 15.5 Å². The average molecular weight is 433 g/mol. The van der Waals surface area contributed by atoms with Crippen molar-refractivity contribution in [2.45, 2.75) is 39.0 Å². The van der Waals surface area contributed by atoms with E-state index in [9.17, 15) is 4.79 Å². The molecule has 5 heteroatoms. The summed E-state index contributed by atoms with van der Waals surface area (Å²) in [7, 11) is 0. The summed E-state index contributed by atoms with van der Waals surface area (Å²) in [5, 5.41) is 6.88. The van der Waals surface area contributed by atoms with Crippen LogP contribution < -0.4 is 10.6 Å². The Morgan fingerprint density at radius 1 is 1.03 bits per heavy atom. The number of carbonyl (C=O) groups is 1. The van der Waals surface area contributed by atoms with E-state index >= 15 is 0 Å². The topological polar surface area (TPSA) is 56.7 Å². The number of nitrogens with zero attached hydrogens (tertiary/aromatic N) is 2. The van der Waals surface area contributed by atoms with Crippen molar-refractivity contribution in [3.8, 4) is 0 Å². The monoisotopic (exact) mass is 432 g/mol. The molecule has 32 heavy (non-hydrogen) atoms. The van der Waals surface area contributed by atoms with Gasteiger partial charge < -0.3 is 15.5 Å². The number of benzene rings is 2. The first-order valence-electron chi connectivity index (χ1n) is 12.0.